The molecule has 3 N–H and O–H groups in total. The lowest BCUT2D eigenvalue weighted by Gasteiger charge is -2.40. The average molecular weight is 1120 g/mol. The quantitative estimate of drug-likeness (QED) is 0.0228. The van der Waals surface area contributed by atoms with Crippen LogP contribution < -0.4 is 0 Å². The molecule has 12 heteroatoms. The van der Waals surface area contributed by atoms with Crippen molar-refractivity contribution in [1.29, 1.82) is 0 Å². The lowest BCUT2D eigenvalue weighted by molar-refractivity contribution is -0.301. The molecule has 1 aliphatic heterocycles. The highest BCUT2D eigenvalue weighted by atomic mass is 16.7. The minimum Gasteiger partial charge on any atom is -0.479 e. The van der Waals surface area contributed by atoms with Crippen molar-refractivity contribution in [1.82, 2.24) is 0 Å². The van der Waals surface area contributed by atoms with Crippen LogP contribution in [0.2, 0.25) is 0 Å². The SMILES string of the molecule is CCCC/C=C\CCCCCCCC(=O)OC(COC(=O)CCCCCCCCCCCCCCCCCCCCC)COC1OC(C(=O)O)C(O)C(O)C1OC(=O)CCCCCCCCCCC/C=C\C/C=C\CCCCC. The van der Waals surface area contributed by atoms with E-state index in [1.807, 2.05) is 0 Å². The van der Waals surface area contributed by atoms with Crippen LogP contribution in [0.5, 0.6) is 0 Å². The zero-order chi connectivity index (χ0) is 57.5. The maximum Gasteiger partial charge on any atom is 0.335 e. The summed E-state index contributed by atoms with van der Waals surface area (Å²) in [7, 11) is 0. The molecule has 460 valence electrons. The number of aliphatic hydroxyl groups is 2. The first-order valence-electron chi connectivity index (χ1n) is 33.0. The number of unbranched alkanes of at least 4 members (excludes halogenated alkanes) is 37. The van der Waals surface area contributed by atoms with Crippen molar-refractivity contribution in [3.05, 3.63) is 36.5 Å². The number of allylic oxidation sites excluding steroid dienone is 6. The Labute approximate surface area is 482 Å². The molecule has 0 aromatic heterocycles. The number of rotatable bonds is 57. The summed E-state index contributed by atoms with van der Waals surface area (Å²) in [6.45, 7) is 5.97. The molecule has 0 aromatic carbocycles. The minimum atomic E-state index is -1.90. The van der Waals surface area contributed by atoms with Crippen LogP contribution in [0.15, 0.2) is 36.5 Å². The number of aliphatic hydroxyl groups excluding tert-OH is 2. The Bertz CT molecular complexity index is 1510. The molecule has 0 bridgehead atoms. The predicted molar refractivity (Wildman–Crippen MR) is 322 cm³/mol. The summed E-state index contributed by atoms with van der Waals surface area (Å²) < 4.78 is 28.5. The van der Waals surface area contributed by atoms with E-state index in [1.165, 1.54) is 161 Å². The van der Waals surface area contributed by atoms with Crippen LogP contribution >= 0.6 is 0 Å². The van der Waals surface area contributed by atoms with Gasteiger partial charge in [-0.1, -0.05) is 263 Å². The van der Waals surface area contributed by atoms with Gasteiger partial charge in [0.15, 0.2) is 24.6 Å². The van der Waals surface area contributed by atoms with Crippen LogP contribution in [-0.2, 0) is 42.9 Å². The Hall–Kier alpha value is -3.06. The number of ether oxygens (including phenoxy) is 5. The van der Waals surface area contributed by atoms with Crippen molar-refractivity contribution >= 4 is 23.9 Å². The standard InChI is InChI=1S/C67H120O12/c1-4-7-10-13-16-19-22-24-26-28-30-32-34-36-39-41-44-47-50-53-59(68)75-56-58(77-60(69)54-51-48-45-42-38-21-18-15-12-9-6-3)57-76-67-65(63(72)62(71)64(79-67)66(73)74)78-61(70)55-52-49-46-43-40-37-35-33-31-29-27-25-23-20-17-14-11-8-5-2/h15,17-18,20,25,27,58,62-65,67,71-72H,4-14,16,19,21-24,26,28-57H2,1-3H3,(H,73,74)/b18-15-,20-17-,27-25-. The van der Waals surface area contributed by atoms with E-state index in [4.69, 9.17) is 23.7 Å². The molecule has 79 heavy (non-hydrogen) atoms. The molecule has 1 heterocycles. The maximum atomic E-state index is 13.1. The third kappa shape index (κ3) is 45.2. The van der Waals surface area contributed by atoms with Gasteiger partial charge in [-0.25, -0.2) is 4.79 Å². The van der Waals surface area contributed by atoms with Crippen molar-refractivity contribution < 1.29 is 58.2 Å². The molecule has 0 aromatic rings. The Morgan fingerprint density at radius 3 is 1.22 bits per heavy atom. The van der Waals surface area contributed by atoms with Crippen LogP contribution in [0.1, 0.15) is 316 Å². The van der Waals surface area contributed by atoms with E-state index in [0.717, 1.165) is 96.3 Å². The van der Waals surface area contributed by atoms with Crippen molar-refractivity contribution in [2.45, 2.75) is 353 Å². The van der Waals surface area contributed by atoms with Gasteiger partial charge in [0.1, 0.15) is 18.8 Å². The summed E-state index contributed by atoms with van der Waals surface area (Å²) in [6.07, 6.45) is 54.0. The first kappa shape index (κ1) is 74.0. The van der Waals surface area contributed by atoms with E-state index in [9.17, 15) is 34.5 Å². The van der Waals surface area contributed by atoms with Gasteiger partial charge < -0.3 is 39.0 Å². The van der Waals surface area contributed by atoms with Crippen molar-refractivity contribution in [2.75, 3.05) is 13.2 Å². The Morgan fingerprint density at radius 2 is 0.772 bits per heavy atom. The predicted octanol–water partition coefficient (Wildman–Crippen LogP) is 17.6. The molecular weight excluding hydrogens is 997 g/mol. The zero-order valence-corrected chi connectivity index (χ0v) is 50.9. The Balaban J connectivity index is 2.59. The lowest BCUT2D eigenvalue weighted by Crippen LogP contribution is -2.61. The second-order valence-corrected chi connectivity index (χ2v) is 22.8. The molecule has 0 aliphatic carbocycles. The lowest BCUT2D eigenvalue weighted by atomic mass is 9.98. The van der Waals surface area contributed by atoms with Gasteiger partial charge >= 0.3 is 23.9 Å². The summed E-state index contributed by atoms with van der Waals surface area (Å²) in [5.74, 6) is -3.10. The Morgan fingerprint density at radius 1 is 0.418 bits per heavy atom. The van der Waals surface area contributed by atoms with E-state index >= 15 is 0 Å². The number of aliphatic carboxylic acids is 1. The second-order valence-electron chi connectivity index (χ2n) is 22.8. The molecule has 0 amide bonds. The van der Waals surface area contributed by atoms with E-state index < -0.39 is 67.3 Å². The highest BCUT2D eigenvalue weighted by Gasteiger charge is 2.50. The maximum absolute atomic E-state index is 13.1. The fourth-order valence-corrected chi connectivity index (χ4v) is 10.1. The monoisotopic (exact) mass is 1120 g/mol. The first-order chi connectivity index (χ1) is 38.6. The molecular formula is C67H120O12. The van der Waals surface area contributed by atoms with Gasteiger partial charge in [-0.05, 0) is 70.6 Å². The van der Waals surface area contributed by atoms with Crippen LogP contribution in [-0.4, -0.2) is 89.2 Å². The molecule has 1 fully saturated rings. The second kappa shape index (κ2) is 55.5. The molecule has 1 aliphatic rings. The topological polar surface area (TPSA) is 175 Å². The normalized spacial score (nSPS) is 18.0. The number of hydrogen-bond donors (Lipinski definition) is 3. The fraction of sp³-hybridized carbons (Fsp3) is 0.851. The number of hydrogen-bond acceptors (Lipinski definition) is 11. The molecule has 6 unspecified atom stereocenters. The Kier molecular flexibility index (Phi) is 51.9. The summed E-state index contributed by atoms with van der Waals surface area (Å²) in [6, 6.07) is 0. The van der Waals surface area contributed by atoms with Crippen molar-refractivity contribution in [3.63, 3.8) is 0 Å². The molecule has 0 radical (unpaired) electrons. The fourth-order valence-electron chi connectivity index (χ4n) is 10.1. The molecule has 6 atom stereocenters. The van der Waals surface area contributed by atoms with Crippen LogP contribution in [0.4, 0.5) is 0 Å². The summed E-state index contributed by atoms with van der Waals surface area (Å²) in [4.78, 5) is 51.3. The molecule has 1 saturated heterocycles. The van der Waals surface area contributed by atoms with Crippen LogP contribution in [0, 0.1) is 0 Å². The minimum absolute atomic E-state index is 0.0579. The van der Waals surface area contributed by atoms with Crippen molar-refractivity contribution in [3.8, 4) is 0 Å². The number of esters is 3. The highest BCUT2D eigenvalue weighted by molar-refractivity contribution is 5.74. The van der Waals surface area contributed by atoms with E-state index in [2.05, 4.69) is 57.2 Å². The third-order valence-corrected chi connectivity index (χ3v) is 15.2. The summed E-state index contributed by atoms with van der Waals surface area (Å²) >= 11 is 0. The van der Waals surface area contributed by atoms with Gasteiger partial charge in [0.2, 0.25) is 0 Å². The summed E-state index contributed by atoms with van der Waals surface area (Å²) in [5.41, 5.74) is 0. The molecule has 0 saturated carbocycles. The molecule has 1 rings (SSSR count). The van der Waals surface area contributed by atoms with Crippen LogP contribution in [0.25, 0.3) is 0 Å². The van der Waals surface area contributed by atoms with Crippen LogP contribution in [0.3, 0.4) is 0 Å². The third-order valence-electron chi connectivity index (χ3n) is 15.2. The molecule has 12 nitrogen and oxygen atoms in total. The van der Waals surface area contributed by atoms with Gasteiger partial charge in [-0.15, -0.1) is 0 Å². The highest BCUT2D eigenvalue weighted by Crippen LogP contribution is 2.27. The van der Waals surface area contributed by atoms with Gasteiger partial charge in [-0.2, -0.15) is 0 Å². The van der Waals surface area contributed by atoms with Gasteiger partial charge in [0.25, 0.3) is 0 Å². The van der Waals surface area contributed by atoms with Gasteiger partial charge in [-0.3, -0.25) is 14.4 Å². The number of carboxylic acid groups (broad SMARTS) is 1. The van der Waals surface area contributed by atoms with E-state index in [1.54, 1.807) is 0 Å². The average Bonchev–Trinajstić information content (AvgIpc) is 3.47. The smallest absolute Gasteiger partial charge is 0.335 e. The number of carbonyl (C=O) groups excluding carboxylic acids is 3. The van der Waals surface area contributed by atoms with Gasteiger partial charge in [0, 0.05) is 19.3 Å². The van der Waals surface area contributed by atoms with Crippen molar-refractivity contribution in [2.24, 2.45) is 0 Å². The number of carboxylic acids is 1. The van der Waals surface area contributed by atoms with E-state index in [-0.39, 0.29) is 25.9 Å². The largest absolute Gasteiger partial charge is 0.479 e. The zero-order valence-electron chi connectivity index (χ0n) is 50.9. The molecule has 0 spiro atoms. The number of carbonyl (C=O) groups is 4. The first-order valence-corrected chi connectivity index (χ1v) is 33.0. The van der Waals surface area contributed by atoms with Gasteiger partial charge in [0.05, 0.1) is 6.61 Å². The summed E-state index contributed by atoms with van der Waals surface area (Å²) in [5, 5.41) is 31.6. The van der Waals surface area contributed by atoms with E-state index in [0.29, 0.717) is 19.3 Å².